The number of phosphoric ester groups is 1. The molecule has 0 aromatic heterocycles. The van der Waals surface area contributed by atoms with Crippen molar-refractivity contribution in [3.63, 3.8) is 0 Å². The Balaban J connectivity index is 2.46. The molecule has 1 aliphatic rings. The van der Waals surface area contributed by atoms with Crippen LogP contribution in [0, 0.1) is 0 Å². The molecule has 1 aliphatic carbocycles. The molecule has 6 unspecified atom stereocenters. The lowest BCUT2D eigenvalue weighted by Gasteiger charge is -2.41. The third-order valence-corrected chi connectivity index (χ3v) is 11.9. The van der Waals surface area contributed by atoms with Crippen LogP contribution in [-0.4, -0.2) is 98.3 Å². The lowest BCUT2D eigenvalue weighted by atomic mass is 9.85. The summed E-state index contributed by atoms with van der Waals surface area (Å²) in [7, 11) is -5.12. The van der Waals surface area contributed by atoms with E-state index in [4.69, 9.17) is 18.5 Å². The second-order valence-corrected chi connectivity index (χ2v) is 18.0. The van der Waals surface area contributed by atoms with Crippen LogP contribution < -0.4 is 0 Å². The van der Waals surface area contributed by atoms with Crippen LogP contribution in [0.2, 0.25) is 0 Å². The number of aliphatic hydroxyl groups excluding tert-OH is 5. The van der Waals surface area contributed by atoms with Crippen molar-refractivity contribution in [2.45, 2.75) is 236 Å². The minimum atomic E-state index is -5.12. The molecule has 13 nitrogen and oxygen atoms in total. The van der Waals surface area contributed by atoms with Crippen molar-refractivity contribution in [1.82, 2.24) is 0 Å². The quantitative estimate of drug-likeness (QED) is 0.0147. The molecule has 1 fully saturated rings. The Kier molecular flexibility index (Phi) is 35.0. The Hall–Kier alpha value is -1.93. The molecule has 356 valence electrons. The van der Waals surface area contributed by atoms with E-state index in [1.54, 1.807) is 0 Å². The smallest absolute Gasteiger partial charge is 0.462 e. The van der Waals surface area contributed by atoms with Gasteiger partial charge in [0.1, 0.15) is 43.2 Å². The number of rotatable bonds is 39. The predicted molar refractivity (Wildman–Crippen MR) is 240 cm³/mol. The number of hydrogen-bond acceptors (Lipinski definition) is 12. The van der Waals surface area contributed by atoms with Gasteiger partial charge >= 0.3 is 19.8 Å². The Labute approximate surface area is 368 Å². The molecule has 0 aromatic carbocycles. The van der Waals surface area contributed by atoms with Gasteiger partial charge in [0, 0.05) is 12.8 Å². The topological polar surface area (TPSA) is 210 Å². The van der Waals surface area contributed by atoms with E-state index in [1.165, 1.54) is 57.8 Å². The number of allylic oxidation sites excluding steroid dienone is 6. The van der Waals surface area contributed by atoms with Crippen molar-refractivity contribution in [2.75, 3.05) is 13.2 Å². The molecule has 61 heavy (non-hydrogen) atoms. The monoisotopic (exact) mass is 889 g/mol. The molecule has 6 atom stereocenters. The van der Waals surface area contributed by atoms with Crippen LogP contribution in [0.25, 0.3) is 0 Å². The molecule has 6 N–H and O–H groups in total. The van der Waals surface area contributed by atoms with Crippen LogP contribution in [0.3, 0.4) is 0 Å². The SMILES string of the molecule is CCCCC/C=C\C/C=C\CCCCCCCCCC(=O)OC(COC(=O)CCCCCCC/C=C\CCCCCCCC)COP(=O)(O)OC1C(O)C(O)C(O)C(O)C1O. The first-order valence-corrected chi connectivity index (χ1v) is 25.3. The molecule has 0 aromatic rings. The summed E-state index contributed by atoms with van der Waals surface area (Å²) in [6, 6.07) is 0. The Morgan fingerprint density at radius 1 is 0.508 bits per heavy atom. The van der Waals surface area contributed by atoms with Crippen LogP contribution in [0.1, 0.15) is 194 Å². The molecule has 1 saturated carbocycles. The highest BCUT2D eigenvalue weighted by molar-refractivity contribution is 7.47. The highest BCUT2D eigenvalue weighted by atomic mass is 31.2. The predicted octanol–water partition coefficient (Wildman–Crippen LogP) is 9.39. The van der Waals surface area contributed by atoms with Gasteiger partial charge in [-0.2, -0.15) is 0 Å². The van der Waals surface area contributed by atoms with Gasteiger partial charge in [0.25, 0.3) is 0 Å². The summed E-state index contributed by atoms with van der Waals surface area (Å²) in [5.41, 5.74) is 0. The van der Waals surface area contributed by atoms with E-state index in [2.05, 4.69) is 50.3 Å². The summed E-state index contributed by atoms with van der Waals surface area (Å²) in [6.45, 7) is 3.26. The summed E-state index contributed by atoms with van der Waals surface area (Å²) in [6.07, 6.45) is 29.0. The Morgan fingerprint density at radius 3 is 1.38 bits per heavy atom. The van der Waals surface area contributed by atoms with Gasteiger partial charge in [-0.25, -0.2) is 4.57 Å². The largest absolute Gasteiger partial charge is 0.472 e. The Morgan fingerprint density at radius 2 is 0.885 bits per heavy atom. The number of carbonyl (C=O) groups is 2. The van der Waals surface area contributed by atoms with E-state index in [0.717, 1.165) is 96.3 Å². The maximum absolute atomic E-state index is 12.8. The van der Waals surface area contributed by atoms with Crippen LogP contribution in [-0.2, 0) is 32.7 Å². The molecule has 14 heteroatoms. The van der Waals surface area contributed by atoms with Crippen molar-refractivity contribution in [1.29, 1.82) is 0 Å². The van der Waals surface area contributed by atoms with Crippen molar-refractivity contribution >= 4 is 19.8 Å². The van der Waals surface area contributed by atoms with E-state index in [-0.39, 0.29) is 12.8 Å². The van der Waals surface area contributed by atoms with Crippen LogP contribution in [0.4, 0.5) is 0 Å². The number of aliphatic hydroxyl groups is 5. The molecule has 0 amide bonds. The molecule has 0 bridgehead atoms. The zero-order chi connectivity index (χ0) is 45.0. The minimum Gasteiger partial charge on any atom is -0.462 e. The van der Waals surface area contributed by atoms with E-state index in [1.807, 2.05) is 0 Å². The highest BCUT2D eigenvalue weighted by Crippen LogP contribution is 2.47. The van der Waals surface area contributed by atoms with Crippen LogP contribution in [0.15, 0.2) is 36.5 Å². The van der Waals surface area contributed by atoms with Crippen LogP contribution in [0.5, 0.6) is 0 Å². The van der Waals surface area contributed by atoms with Crippen LogP contribution >= 0.6 is 7.82 Å². The second kappa shape index (κ2) is 37.4. The number of hydrogen-bond donors (Lipinski definition) is 6. The average molecular weight is 889 g/mol. The number of ether oxygens (including phenoxy) is 2. The first-order valence-electron chi connectivity index (χ1n) is 23.8. The average Bonchev–Trinajstić information content (AvgIpc) is 3.24. The fourth-order valence-electron chi connectivity index (χ4n) is 7.08. The molecular weight excluding hydrogens is 803 g/mol. The fourth-order valence-corrected chi connectivity index (χ4v) is 8.05. The van der Waals surface area contributed by atoms with Crippen molar-refractivity contribution in [2.24, 2.45) is 0 Å². The van der Waals surface area contributed by atoms with E-state index < -0.39 is 75.7 Å². The molecule has 0 heterocycles. The standard InChI is InChI=1S/C47H85O13P/c1-3-5-7-9-11-13-15-17-19-20-22-24-26-28-30-32-34-36-41(49)59-39(38-58-61(55,56)60-47-45(53)43(51)42(50)44(52)46(47)54)37-57-40(48)35-33-31-29-27-25-23-21-18-16-14-12-10-8-6-4-2/h11,13,17-19,21,39,42-47,50-54H,3-10,12,14-16,20,22-38H2,1-2H3,(H,55,56)/b13-11-,19-17-,21-18-. The van der Waals surface area contributed by atoms with Gasteiger partial charge in [-0.05, 0) is 70.6 Å². The third-order valence-electron chi connectivity index (χ3n) is 11.0. The van der Waals surface area contributed by atoms with Gasteiger partial charge in [0.2, 0.25) is 0 Å². The van der Waals surface area contributed by atoms with Gasteiger partial charge in [0.15, 0.2) is 6.10 Å². The summed E-state index contributed by atoms with van der Waals surface area (Å²) in [4.78, 5) is 35.7. The van der Waals surface area contributed by atoms with Gasteiger partial charge in [-0.15, -0.1) is 0 Å². The summed E-state index contributed by atoms with van der Waals surface area (Å²) in [5, 5.41) is 50.2. The number of unbranched alkanes of at least 4 members (excludes halogenated alkanes) is 21. The van der Waals surface area contributed by atoms with Gasteiger partial charge in [-0.1, -0.05) is 147 Å². The lowest BCUT2D eigenvalue weighted by molar-refractivity contribution is -0.220. The van der Waals surface area contributed by atoms with Crippen molar-refractivity contribution in [3.05, 3.63) is 36.5 Å². The van der Waals surface area contributed by atoms with Gasteiger partial charge in [-0.3, -0.25) is 18.6 Å². The summed E-state index contributed by atoms with van der Waals surface area (Å²) >= 11 is 0. The van der Waals surface area contributed by atoms with Crippen molar-refractivity contribution < 1.29 is 63.1 Å². The zero-order valence-corrected chi connectivity index (χ0v) is 38.6. The fraction of sp³-hybridized carbons (Fsp3) is 0.830. The molecule has 0 aliphatic heterocycles. The maximum atomic E-state index is 12.8. The number of esters is 2. The maximum Gasteiger partial charge on any atom is 0.472 e. The molecule has 0 saturated heterocycles. The number of carbonyl (C=O) groups excluding carboxylic acids is 2. The summed E-state index contributed by atoms with van der Waals surface area (Å²) < 4.78 is 33.5. The minimum absolute atomic E-state index is 0.0864. The van der Waals surface area contributed by atoms with Crippen molar-refractivity contribution in [3.8, 4) is 0 Å². The van der Waals surface area contributed by atoms with Gasteiger partial charge < -0.3 is 39.9 Å². The van der Waals surface area contributed by atoms with E-state index in [9.17, 15) is 44.6 Å². The zero-order valence-electron chi connectivity index (χ0n) is 37.7. The van der Waals surface area contributed by atoms with E-state index >= 15 is 0 Å². The molecular formula is C47H85O13P. The number of phosphoric acid groups is 1. The van der Waals surface area contributed by atoms with Gasteiger partial charge in [0.05, 0.1) is 6.61 Å². The second-order valence-electron chi connectivity index (χ2n) is 16.6. The normalized spacial score (nSPS) is 22.3. The first-order chi connectivity index (χ1) is 29.4. The molecule has 0 spiro atoms. The molecule has 1 rings (SSSR count). The molecule has 0 radical (unpaired) electrons. The highest BCUT2D eigenvalue weighted by Gasteiger charge is 2.51. The first kappa shape index (κ1) is 57.1. The summed E-state index contributed by atoms with van der Waals surface area (Å²) in [5.74, 6) is -1.12. The lowest BCUT2D eigenvalue weighted by Crippen LogP contribution is -2.64. The third kappa shape index (κ3) is 30.0. The Bertz CT molecular complexity index is 1210. The van der Waals surface area contributed by atoms with E-state index in [0.29, 0.717) is 12.8 Å².